The molecule has 0 aliphatic rings. The van der Waals surface area contributed by atoms with Crippen LogP contribution in [0, 0.1) is 0 Å². The molecule has 2 aromatic carbocycles. The first-order chi connectivity index (χ1) is 11.5. The fourth-order valence-electron chi connectivity index (χ4n) is 2.50. The van der Waals surface area contributed by atoms with Crippen molar-refractivity contribution in [1.29, 1.82) is 0 Å². The number of benzene rings is 2. The van der Waals surface area contributed by atoms with E-state index < -0.39 is 0 Å². The van der Waals surface area contributed by atoms with E-state index in [0.29, 0.717) is 11.3 Å². The third kappa shape index (κ3) is 5.43. The van der Waals surface area contributed by atoms with Crippen LogP contribution in [0.1, 0.15) is 48.5 Å². The summed E-state index contributed by atoms with van der Waals surface area (Å²) in [6, 6.07) is 13.3. The SMILES string of the molecule is CCCCCCc1ccc(C(=O)N(N)c2cc(Br)cc(Br)c2)cc1. The molecule has 0 saturated heterocycles. The zero-order valence-electron chi connectivity index (χ0n) is 13.8. The summed E-state index contributed by atoms with van der Waals surface area (Å²) in [4.78, 5) is 12.5. The van der Waals surface area contributed by atoms with Crippen molar-refractivity contribution in [3.05, 3.63) is 62.5 Å². The highest BCUT2D eigenvalue weighted by atomic mass is 79.9. The first-order valence-electron chi connectivity index (χ1n) is 8.15. The molecule has 2 rings (SSSR count). The molecule has 1 amide bonds. The maximum absolute atomic E-state index is 12.5. The molecule has 0 unspecified atom stereocenters. The van der Waals surface area contributed by atoms with E-state index in [-0.39, 0.29) is 5.91 Å². The van der Waals surface area contributed by atoms with Gasteiger partial charge in [-0.1, -0.05) is 70.2 Å². The van der Waals surface area contributed by atoms with Crippen LogP contribution >= 0.6 is 31.9 Å². The lowest BCUT2D eigenvalue weighted by Crippen LogP contribution is -2.37. The van der Waals surface area contributed by atoms with E-state index in [4.69, 9.17) is 5.84 Å². The van der Waals surface area contributed by atoms with Crippen molar-refractivity contribution in [2.75, 3.05) is 5.01 Å². The number of aryl methyl sites for hydroxylation is 1. The monoisotopic (exact) mass is 452 g/mol. The Morgan fingerprint density at radius 1 is 1.00 bits per heavy atom. The molecule has 0 aliphatic heterocycles. The number of rotatable bonds is 7. The molecule has 2 aromatic rings. The molecular formula is C19H22Br2N2O. The van der Waals surface area contributed by atoms with E-state index in [1.54, 1.807) is 0 Å². The van der Waals surface area contributed by atoms with Crippen molar-refractivity contribution in [3.8, 4) is 0 Å². The summed E-state index contributed by atoms with van der Waals surface area (Å²) < 4.78 is 1.72. The number of anilines is 1. The number of carbonyl (C=O) groups is 1. The Hall–Kier alpha value is -1.17. The number of halogens is 2. The summed E-state index contributed by atoms with van der Waals surface area (Å²) >= 11 is 6.82. The van der Waals surface area contributed by atoms with Crippen molar-refractivity contribution in [3.63, 3.8) is 0 Å². The van der Waals surface area contributed by atoms with Gasteiger partial charge in [0, 0.05) is 14.5 Å². The number of hydrazine groups is 1. The average molecular weight is 454 g/mol. The third-order valence-corrected chi connectivity index (χ3v) is 4.78. The van der Waals surface area contributed by atoms with Gasteiger partial charge in [0.25, 0.3) is 5.91 Å². The summed E-state index contributed by atoms with van der Waals surface area (Å²) in [5, 5.41) is 1.17. The zero-order chi connectivity index (χ0) is 17.5. The van der Waals surface area contributed by atoms with Crippen LogP contribution < -0.4 is 10.9 Å². The minimum Gasteiger partial charge on any atom is -0.267 e. The minimum absolute atomic E-state index is 0.225. The van der Waals surface area contributed by atoms with Gasteiger partial charge in [0.15, 0.2) is 0 Å². The molecule has 0 heterocycles. The van der Waals surface area contributed by atoms with Gasteiger partial charge >= 0.3 is 0 Å². The van der Waals surface area contributed by atoms with Crippen LogP contribution in [0.3, 0.4) is 0 Å². The molecule has 3 nitrogen and oxygen atoms in total. The number of hydrogen-bond acceptors (Lipinski definition) is 2. The van der Waals surface area contributed by atoms with Gasteiger partial charge in [0.05, 0.1) is 5.69 Å². The van der Waals surface area contributed by atoms with E-state index in [9.17, 15) is 4.79 Å². The maximum atomic E-state index is 12.5. The Balaban J connectivity index is 2.03. The lowest BCUT2D eigenvalue weighted by atomic mass is 10.0. The van der Waals surface area contributed by atoms with Crippen molar-refractivity contribution >= 4 is 43.5 Å². The highest BCUT2D eigenvalue weighted by Crippen LogP contribution is 2.25. The third-order valence-electron chi connectivity index (χ3n) is 3.86. The molecule has 24 heavy (non-hydrogen) atoms. The highest BCUT2D eigenvalue weighted by molar-refractivity contribution is 9.11. The molecule has 0 spiro atoms. The van der Waals surface area contributed by atoms with E-state index >= 15 is 0 Å². The number of unbranched alkanes of at least 4 members (excludes halogenated alkanes) is 3. The molecule has 0 radical (unpaired) electrons. The minimum atomic E-state index is -0.225. The second-order valence-electron chi connectivity index (χ2n) is 5.81. The molecule has 5 heteroatoms. The molecule has 0 aromatic heterocycles. The van der Waals surface area contributed by atoms with E-state index in [2.05, 4.69) is 38.8 Å². The van der Waals surface area contributed by atoms with E-state index in [1.165, 1.54) is 36.3 Å². The van der Waals surface area contributed by atoms with Crippen molar-refractivity contribution in [2.45, 2.75) is 39.0 Å². The van der Waals surface area contributed by atoms with Crippen LogP contribution in [0.4, 0.5) is 5.69 Å². The average Bonchev–Trinajstić information content (AvgIpc) is 2.57. The fraction of sp³-hybridized carbons (Fsp3) is 0.316. The van der Waals surface area contributed by atoms with Gasteiger partial charge in [-0.15, -0.1) is 0 Å². The second kappa shape index (κ2) is 9.35. The van der Waals surface area contributed by atoms with Crippen LogP contribution in [-0.4, -0.2) is 5.91 Å². The summed E-state index contributed by atoms with van der Waals surface area (Å²) in [6.07, 6.45) is 6.02. The first-order valence-corrected chi connectivity index (χ1v) is 9.74. The summed E-state index contributed by atoms with van der Waals surface area (Å²) in [5.41, 5.74) is 2.48. The van der Waals surface area contributed by atoms with Gasteiger partial charge < -0.3 is 0 Å². The molecule has 0 saturated carbocycles. The summed E-state index contributed by atoms with van der Waals surface area (Å²) in [5.74, 6) is 5.78. The van der Waals surface area contributed by atoms with Crippen LogP contribution in [-0.2, 0) is 6.42 Å². The van der Waals surface area contributed by atoms with Crippen LogP contribution in [0.2, 0.25) is 0 Å². The lowest BCUT2D eigenvalue weighted by molar-refractivity contribution is 0.0987. The maximum Gasteiger partial charge on any atom is 0.272 e. The summed E-state index contributed by atoms with van der Waals surface area (Å²) in [7, 11) is 0. The van der Waals surface area contributed by atoms with Gasteiger partial charge in [0.1, 0.15) is 0 Å². The van der Waals surface area contributed by atoms with Gasteiger partial charge in [-0.3, -0.25) is 4.79 Å². The Labute approximate surface area is 160 Å². The Kier molecular flexibility index (Phi) is 7.46. The van der Waals surface area contributed by atoms with Gasteiger partial charge in [0.2, 0.25) is 0 Å². The largest absolute Gasteiger partial charge is 0.272 e. The van der Waals surface area contributed by atoms with Crippen LogP contribution in [0.15, 0.2) is 51.4 Å². The normalized spacial score (nSPS) is 10.7. The van der Waals surface area contributed by atoms with E-state index in [1.807, 2.05) is 42.5 Å². The predicted molar refractivity (Wildman–Crippen MR) is 107 cm³/mol. The topological polar surface area (TPSA) is 46.3 Å². The van der Waals surface area contributed by atoms with Crippen LogP contribution in [0.5, 0.6) is 0 Å². The number of hydrogen-bond donors (Lipinski definition) is 1. The molecule has 128 valence electrons. The predicted octanol–water partition coefficient (Wildman–Crippen LogP) is 5.85. The van der Waals surface area contributed by atoms with E-state index in [0.717, 1.165) is 15.4 Å². The second-order valence-corrected chi connectivity index (χ2v) is 7.64. The highest BCUT2D eigenvalue weighted by Gasteiger charge is 2.15. The lowest BCUT2D eigenvalue weighted by Gasteiger charge is -2.17. The Morgan fingerprint density at radius 3 is 2.21 bits per heavy atom. The van der Waals surface area contributed by atoms with Gasteiger partial charge in [-0.2, -0.15) is 0 Å². The van der Waals surface area contributed by atoms with Crippen molar-refractivity contribution < 1.29 is 4.79 Å². The Morgan fingerprint density at radius 2 is 1.62 bits per heavy atom. The van der Waals surface area contributed by atoms with Gasteiger partial charge in [-0.05, 0) is 48.7 Å². The number of nitrogens with two attached hydrogens (primary N) is 1. The number of carbonyl (C=O) groups excluding carboxylic acids is 1. The summed E-state index contributed by atoms with van der Waals surface area (Å²) in [6.45, 7) is 2.21. The molecular weight excluding hydrogens is 432 g/mol. The standard InChI is InChI=1S/C19H22Br2N2O/c1-2-3-4-5-6-14-7-9-15(10-8-14)19(24)23(22)18-12-16(20)11-17(21)13-18/h7-13H,2-6,22H2,1H3. The van der Waals surface area contributed by atoms with Gasteiger partial charge in [-0.25, -0.2) is 10.9 Å². The fourth-order valence-corrected chi connectivity index (χ4v) is 3.77. The zero-order valence-corrected chi connectivity index (χ0v) is 16.9. The number of nitrogens with zero attached hydrogens (tertiary/aromatic N) is 1. The van der Waals surface area contributed by atoms with Crippen LogP contribution in [0.25, 0.3) is 0 Å². The van der Waals surface area contributed by atoms with Crippen molar-refractivity contribution in [1.82, 2.24) is 0 Å². The molecule has 0 aliphatic carbocycles. The molecule has 2 N–H and O–H groups in total. The van der Waals surface area contributed by atoms with Crippen molar-refractivity contribution in [2.24, 2.45) is 5.84 Å². The number of amides is 1. The molecule has 0 atom stereocenters. The quantitative estimate of drug-likeness (QED) is 0.247. The smallest absolute Gasteiger partial charge is 0.267 e. The molecule has 0 fully saturated rings. The molecule has 0 bridgehead atoms. The first kappa shape index (κ1) is 19.2. The Bertz CT molecular complexity index is 666.